The third kappa shape index (κ3) is 1.76. The number of hydrogen-bond donors (Lipinski definition) is 1. The Balaban J connectivity index is 2.16. The Morgan fingerprint density at radius 3 is 2.35 bits per heavy atom. The molecule has 96 valence electrons. The first-order valence-corrected chi connectivity index (χ1v) is 7.37. The molecule has 20 heavy (non-hydrogen) atoms. The zero-order valence-electron chi connectivity index (χ0n) is 10.7. The predicted octanol–water partition coefficient (Wildman–Crippen LogP) is 5.75. The van der Waals surface area contributed by atoms with Gasteiger partial charge in [0.1, 0.15) is 0 Å². The van der Waals surface area contributed by atoms with Gasteiger partial charge in [0.05, 0.1) is 5.52 Å². The van der Waals surface area contributed by atoms with Gasteiger partial charge in [-0.05, 0) is 23.8 Å². The van der Waals surface area contributed by atoms with E-state index in [0.29, 0.717) is 0 Å². The van der Waals surface area contributed by atoms with Crippen molar-refractivity contribution in [1.82, 2.24) is 4.98 Å². The molecule has 1 nitrogen and oxygen atoms in total. The zero-order valence-corrected chi connectivity index (χ0v) is 12.3. The molecule has 4 rings (SSSR count). The molecule has 0 amide bonds. The maximum atomic E-state index is 3.64. The lowest BCUT2D eigenvalue weighted by molar-refractivity contribution is 1.53. The van der Waals surface area contributed by atoms with Crippen LogP contribution in [0, 0.1) is 0 Å². The summed E-state index contributed by atoms with van der Waals surface area (Å²) < 4.78 is 1.11. The van der Waals surface area contributed by atoms with E-state index in [1.54, 1.807) is 0 Å². The minimum atomic E-state index is 1.11. The number of para-hydroxylation sites is 1. The summed E-state index contributed by atoms with van der Waals surface area (Å²) in [5.41, 5.74) is 4.83. The van der Waals surface area contributed by atoms with Crippen molar-refractivity contribution in [2.75, 3.05) is 0 Å². The number of rotatable bonds is 1. The lowest BCUT2D eigenvalue weighted by Crippen LogP contribution is -1.80. The van der Waals surface area contributed by atoms with Crippen LogP contribution in [0.1, 0.15) is 0 Å². The van der Waals surface area contributed by atoms with Gasteiger partial charge < -0.3 is 4.98 Å². The van der Waals surface area contributed by atoms with Crippen LogP contribution in [-0.2, 0) is 0 Å². The quantitative estimate of drug-likeness (QED) is 0.459. The van der Waals surface area contributed by atoms with E-state index in [9.17, 15) is 0 Å². The molecule has 4 aromatic rings. The number of aromatic nitrogens is 1. The Kier molecular flexibility index (Phi) is 2.64. The van der Waals surface area contributed by atoms with Gasteiger partial charge in [0.15, 0.2) is 0 Å². The second-order valence-electron chi connectivity index (χ2n) is 4.91. The second-order valence-corrected chi connectivity index (χ2v) is 5.83. The maximum Gasteiger partial charge on any atom is 0.0545 e. The number of hydrogen-bond acceptors (Lipinski definition) is 0. The van der Waals surface area contributed by atoms with Crippen molar-refractivity contribution in [2.45, 2.75) is 0 Å². The van der Waals surface area contributed by atoms with Gasteiger partial charge in [-0.1, -0.05) is 64.5 Å². The first-order chi connectivity index (χ1) is 9.83. The molecule has 0 atom stereocenters. The highest BCUT2D eigenvalue weighted by Gasteiger charge is 2.10. The standard InChI is InChI=1S/C18H12BrN/c19-13-10-15(12-6-2-1-3-7-12)18-16(11-13)14-8-4-5-9-17(14)20-18/h1-11,20H. The molecule has 1 aromatic heterocycles. The fraction of sp³-hybridized carbons (Fsp3) is 0. The Labute approximate surface area is 125 Å². The molecule has 0 saturated heterocycles. The lowest BCUT2D eigenvalue weighted by atomic mass is 10.0. The molecular formula is C18H12BrN. The Morgan fingerprint density at radius 1 is 0.750 bits per heavy atom. The lowest BCUT2D eigenvalue weighted by Gasteiger charge is -2.05. The van der Waals surface area contributed by atoms with Crippen LogP contribution >= 0.6 is 15.9 Å². The molecule has 0 unspecified atom stereocenters. The number of benzene rings is 3. The van der Waals surface area contributed by atoms with E-state index in [4.69, 9.17) is 0 Å². The van der Waals surface area contributed by atoms with E-state index in [1.165, 1.54) is 32.9 Å². The summed E-state index contributed by atoms with van der Waals surface area (Å²) in [4.78, 5) is 3.55. The number of aromatic amines is 1. The van der Waals surface area contributed by atoms with Crippen LogP contribution in [0.3, 0.4) is 0 Å². The molecule has 0 aliphatic carbocycles. The van der Waals surface area contributed by atoms with Gasteiger partial charge in [-0.2, -0.15) is 0 Å². The summed E-state index contributed by atoms with van der Waals surface area (Å²) in [5, 5.41) is 2.52. The molecule has 0 spiro atoms. The van der Waals surface area contributed by atoms with E-state index >= 15 is 0 Å². The molecule has 3 aromatic carbocycles. The van der Waals surface area contributed by atoms with Crippen LogP contribution in [0.5, 0.6) is 0 Å². The van der Waals surface area contributed by atoms with Crippen LogP contribution in [0.4, 0.5) is 0 Å². The summed E-state index contributed by atoms with van der Waals surface area (Å²) >= 11 is 3.64. The highest BCUT2D eigenvalue weighted by molar-refractivity contribution is 9.10. The van der Waals surface area contributed by atoms with E-state index in [2.05, 4.69) is 81.6 Å². The van der Waals surface area contributed by atoms with Crippen LogP contribution in [0.15, 0.2) is 71.2 Å². The average molecular weight is 322 g/mol. The topological polar surface area (TPSA) is 15.8 Å². The monoisotopic (exact) mass is 321 g/mol. The molecule has 0 fully saturated rings. The van der Waals surface area contributed by atoms with Gasteiger partial charge in [-0.15, -0.1) is 0 Å². The van der Waals surface area contributed by atoms with Crippen molar-refractivity contribution in [3.8, 4) is 11.1 Å². The van der Waals surface area contributed by atoms with Gasteiger partial charge in [0.25, 0.3) is 0 Å². The molecular weight excluding hydrogens is 310 g/mol. The van der Waals surface area contributed by atoms with E-state index in [0.717, 1.165) is 4.47 Å². The Morgan fingerprint density at radius 2 is 1.50 bits per heavy atom. The van der Waals surface area contributed by atoms with Crippen molar-refractivity contribution < 1.29 is 0 Å². The van der Waals surface area contributed by atoms with Crippen molar-refractivity contribution >= 4 is 37.7 Å². The largest absolute Gasteiger partial charge is 0.354 e. The molecule has 0 aliphatic rings. The normalized spacial score (nSPS) is 11.2. The number of nitrogens with one attached hydrogen (secondary N) is 1. The molecule has 1 heterocycles. The molecule has 0 aliphatic heterocycles. The summed E-state index contributed by atoms with van der Waals surface area (Å²) in [6.45, 7) is 0. The van der Waals surface area contributed by atoms with Crippen molar-refractivity contribution in [3.05, 3.63) is 71.2 Å². The molecule has 1 N–H and O–H groups in total. The summed E-state index contributed by atoms with van der Waals surface area (Å²) in [7, 11) is 0. The van der Waals surface area contributed by atoms with Crippen LogP contribution in [0.2, 0.25) is 0 Å². The smallest absolute Gasteiger partial charge is 0.0545 e. The highest BCUT2D eigenvalue weighted by atomic mass is 79.9. The summed E-state index contributed by atoms with van der Waals surface area (Å²) in [6.07, 6.45) is 0. The first-order valence-electron chi connectivity index (χ1n) is 6.58. The average Bonchev–Trinajstić information content (AvgIpc) is 2.86. The van der Waals surface area contributed by atoms with Gasteiger partial charge >= 0.3 is 0 Å². The number of halogens is 1. The molecule has 0 bridgehead atoms. The Bertz CT molecular complexity index is 907. The van der Waals surface area contributed by atoms with Crippen molar-refractivity contribution in [2.24, 2.45) is 0 Å². The highest BCUT2D eigenvalue weighted by Crippen LogP contribution is 2.35. The van der Waals surface area contributed by atoms with Crippen LogP contribution < -0.4 is 0 Å². The first kappa shape index (κ1) is 11.7. The third-order valence-electron chi connectivity index (χ3n) is 3.66. The fourth-order valence-corrected chi connectivity index (χ4v) is 3.22. The van der Waals surface area contributed by atoms with Gasteiger partial charge in [-0.25, -0.2) is 0 Å². The third-order valence-corrected chi connectivity index (χ3v) is 4.12. The molecule has 0 radical (unpaired) electrons. The second kappa shape index (κ2) is 4.50. The van der Waals surface area contributed by atoms with Crippen LogP contribution in [-0.4, -0.2) is 4.98 Å². The van der Waals surface area contributed by atoms with Gasteiger partial charge in [0.2, 0.25) is 0 Å². The van der Waals surface area contributed by atoms with Crippen molar-refractivity contribution in [1.29, 1.82) is 0 Å². The van der Waals surface area contributed by atoms with E-state index in [1.807, 2.05) is 6.07 Å². The van der Waals surface area contributed by atoms with E-state index in [-0.39, 0.29) is 0 Å². The number of fused-ring (bicyclic) bond motifs is 3. The Hall–Kier alpha value is -2.06. The van der Waals surface area contributed by atoms with Crippen LogP contribution in [0.25, 0.3) is 32.9 Å². The summed E-state index contributed by atoms with van der Waals surface area (Å²) in [6, 6.07) is 23.3. The SMILES string of the molecule is Brc1cc(-c2ccccc2)c2[nH]c3ccccc3c2c1. The van der Waals surface area contributed by atoms with Crippen molar-refractivity contribution in [3.63, 3.8) is 0 Å². The minimum Gasteiger partial charge on any atom is -0.354 e. The summed E-state index contributed by atoms with van der Waals surface area (Å²) in [5.74, 6) is 0. The predicted molar refractivity (Wildman–Crippen MR) is 88.9 cm³/mol. The molecule has 0 saturated carbocycles. The minimum absolute atomic E-state index is 1.11. The van der Waals surface area contributed by atoms with Gasteiger partial charge in [0, 0.05) is 26.3 Å². The fourth-order valence-electron chi connectivity index (χ4n) is 2.76. The zero-order chi connectivity index (χ0) is 13.5. The van der Waals surface area contributed by atoms with E-state index < -0.39 is 0 Å². The molecule has 2 heteroatoms. The number of H-pyrrole nitrogens is 1. The van der Waals surface area contributed by atoms with Gasteiger partial charge in [-0.3, -0.25) is 0 Å². The maximum absolute atomic E-state index is 3.64.